The van der Waals surface area contributed by atoms with Crippen LogP contribution in [0.25, 0.3) is 0 Å². The first-order valence-electron chi connectivity index (χ1n) is 23.8. The van der Waals surface area contributed by atoms with E-state index in [9.17, 15) is 45.3 Å². The lowest BCUT2D eigenvalue weighted by atomic mass is 9.98. The Morgan fingerprint density at radius 2 is 0.934 bits per heavy atom. The van der Waals surface area contributed by atoms with E-state index < -0.39 is 92.7 Å². The molecule has 0 saturated carbocycles. The van der Waals surface area contributed by atoms with Crippen LogP contribution < -0.4 is 0 Å². The van der Waals surface area contributed by atoms with Crippen molar-refractivity contribution in [1.82, 2.24) is 0 Å². The summed E-state index contributed by atoms with van der Waals surface area (Å²) in [6, 6.07) is 0. The van der Waals surface area contributed by atoms with Crippen molar-refractivity contribution in [3.63, 3.8) is 0 Å². The van der Waals surface area contributed by atoms with Crippen molar-refractivity contribution >= 4 is 11.9 Å². The second-order valence-electron chi connectivity index (χ2n) is 16.9. The summed E-state index contributed by atoms with van der Waals surface area (Å²) in [6.45, 7) is 2.55. The summed E-state index contributed by atoms with van der Waals surface area (Å²) in [4.78, 5) is 25.6. The molecule has 0 aromatic rings. The second kappa shape index (κ2) is 34.6. The second-order valence-corrected chi connectivity index (χ2v) is 16.9. The number of hydrogen-bond donors (Lipinski definition) is 7. The lowest BCUT2D eigenvalue weighted by Crippen LogP contribution is -2.61. The third kappa shape index (κ3) is 23.7. The van der Waals surface area contributed by atoms with Gasteiger partial charge in [0.05, 0.1) is 19.8 Å². The van der Waals surface area contributed by atoms with Crippen molar-refractivity contribution in [2.45, 2.75) is 242 Å². The fraction of sp³-hybridized carbons (Fsp3) is 0.913. The van der Waals surface area contributed by atoms with Gasteiger partial charge in [-0.3, -0.25) is 9.59 Å². The molecule has 2 rings (SSSR count). The number of aliphatic hydroxyl groups is 7. The van der Waals surface area contributed by atoms with Crippen LogP contribution >= 0.6 is 0 Å². The number of carbonyl (C=O) groups excluding carboxylic acids is 2. The minimum Gasteiger partial charge on any atom is -0.462 e. The van der Waals surface area contributed by atoms with Gasteiger partial charge in [0.1, 0.15) is 55.4 Å². The summed E-state index contributed by atoms with van der Waals surface area (Å²) in [5, 5.41) is 71.8. The van der Waals surface area contributed by atoms with Crippen molar-refractivity contribution in [3.8, 4) is 0 Å². The van der Waals surface area contributed by atoms with E-state index in [1.807, 2.05) is 0 Å². The largest absolute Gasteiger partial charge is 0.462 e. The number of ether oxygens (including phenoxy) is 6. The van der Waals surface area contributed by atoms with Crippen LogP contribution in [0.3, 0.4) is 0 Å². The number of aliphatic hydroxyl groups excluding tert-OH is 7. The Hall–Kier alpha value is -1.76. The van der Waals surface area contributed by atoms with Crippen molar-refractivity contribution in [2.75, 3.05) is 26.4 Å². The fourth-order valence-electron chi connectivity index (χ4n) is 7.50. The van der Waals surface area contributed by atoms with Gasteiger partial charge in [-0.2, -0.15) is 0 Å². The lowest BCUT2D eigenvalue weighted by Gasteiger charge is -2.42. The smallest absolute Gasteiger partial charge is 0.306 e. The molecule has 0 aliphatic carbocycles. The SMILES string of the molecule is CCCCCCCC/C=C/CCCCCCCC(=O)OC[C@H](CO[C@@H]1O[C@H](CO[C@@H]2O[C@H](CO)[C@H](O)C(O)C2O)[C@H](O)C(O)C1O)OC(=O)CCCCCCCCCCCC. The fourth-order valence-corrected chi connectivity index (χ4v) is 7.50. The third-order valence-electron chi connectivity index (χ3n) is 11.5. The summed E-state index contributed by atoms with van der Waals surface area (Å²) in [5.41, 5.74) is 0. The third-order valence-corrected chi connectivity index (χ3v) is 11.5. The highest BCUT2D eigenvalue weighted by Crippen LogP contribution is 2.26. The predicted molar refractivity (Wildman–Crippen MR) is 229 cm³/mol. The number of carbonyl (C=O) groups is 2. The van der Waals surface area contributed by atoms with Gasteiger partial charge in [-0.25, -0.2) is 0 Å². The van der Waals surface area contributed by atoms with Crippen molar-refractivity contribution < 1.29 is 73.8 Å². The number of esters is 2. The van der Waals surface area contributed by atoms with Crippen molar-refractivity contribution in [1.29, 1.82) is 0 Å². The molecule has 0 aromatic heterocycles. The van der Waals surface area contributed by atoms with E-state index in [0.717, 1.165) is 57.8 Å². The van der Waals surface area contributed by atoms with Crippen molar-refractivity contribution in [2.24, 2.45) is 0 Å². The summed E-state index contributed by atoms with van der Waals surface area (Å²) in [7, 11) is 0. The maximum absolute atomic E-state index is 12.9. The van der Waals surface area contributed by atoms with E-state index in [4.69, 9.17) is 28.4 Å². The average molecular weight is 877 g/mol. The Morgan fingerprint density at radius 3 is 1.44 bits per heavy atom. The van der Waals surface area contributed by atoms with Gasteiger partial charge in [0, 0.05) is 12.8 Å². The van der Waals surface area contributed by atoms with E-state index in [1.165, 1.54) is 77.0 Å². The molecule has 2 aliphatic heterocycles. The maximum atomic E-state index is 12.9. The molecule has 15 heteroatoms. The molecular weight excluding hydrogens is 792 g/mol. The van der Waals surface area contributed by atoms with E-state index in [2.05, 4.69) is 26.0 Å². The first-order chi connectivity index (χ1) is 29.5. The lowest BCUT2D eigenvalue weighted by molar-refractivity contribution is -0.332. The van der Waals surface area contributed by atoms with Gasteiger partial charge in [-0.15, -0.1) is 0 Å². The molecule has 2 fully saturated rings. The molecule has 0 amide bonds. The molecule has 2 heterocycles. The minimum absolute atomic E-state index is 0.167. The van der Waals surface area contributed by atoms with Gasteiger partial charge in [0.15, 0.2) is 18.7 Å². The Kier molecular flexibility index (Phi) is 31.4. The van der Waals surface area contributed by atoms with Gasteiger partial charge >= 0.3 is 11.9 Å². The number of hydrogen-bond acceptors (Lipinski definition) is 15. The van der Waals surface area contributed by atoms with Gasteiger partial charge in [-0.05, 0) is 38.5 Å². The monoisotopic (exact) mass is 877 g/mol. The van der Waals surface area contributed by atoms with Crippen LogP contribution in [0.1, 0.15) is 174 Å². The van der Waals surface area contributed by atoms with E-state index in [-0.39, 0.29) is 26.1 Å². The molecule has 0 bridgehead atoms. The molecule has 7 N–H and O–H groups in total. The topological polar surface area (TPSA) is 231 Å². The molecule has 4 unspecified atom stereocenters. The van der Waals surface area contributed by atoms with Crippen molar-refractivity contribution in [3.05, 3.63) is 12.2 Å². The normalized spacial score (nSPS) is 27.4. The first-order valence-corrected chi connectivity index (χ1v) is 23.8. The summed E-state index contributed by atoms with van der Waals surface area (Å²) < 4.78 is 33.4. The van der Waals surface area contributed by atoms with Crippen LogP contribution in [-0.4, -0.2) is 142 Å². The van der Waals surface area contributed by atoms with Crippen LogP contribution in [-0.2, 0) is 38.0 Å². The van der Waals surface area contributed by atoms with Gasteiger partial charge in [0.2, 0.25) is 0 Å². The molecule has 0 spiro atoms. The van der Waals surface area contributed by atoms with E-state index in [0.29, 0.717) is 12.8 Å². The van der Waals surface area contributed by atoms with Gasteiger partial charge < -0.3 is 64.2 Å². The molecule has 0 aromatic carbocycles. The Morgan fingerprint density at radius 1 is 0.508 bits per heavy atom. The quantitative estimate of drug-likeness (QED) is 0.0236. The van der Waals surface area contributed by atoms with Crippen LogP contribution in [0.5, 0.6) is 0 Å². The van der Waals surface area contributed by atoms with Crippen LogP contribution in [0.15, 0.2) is 12.2 Å². The van der Waals surface area contributed by atoms with E-state index >= 15 is 0 Å². The van der Waals surface area contributed by atoms with Crippen LogP contribution in [0.4, 0.5) is 0 Å². The summed E-state index contributed by atoms with van der Waals surface area (Å²) in [5.74, 6) is -0.931. The Balaban J connectivity index is 1.83. The average Bonchev–Trinajstić information content (AvgIpc) is 3.25. The zero-order valence-corrected chi connectivity index (χ0v) is 37.4. The number of rotatable bonds is 36. The highest BCUT2D eigenvalue weighted by molar-refractivity contribution is 5.70. The molecule has 11 atom stereocenters. The summed E-state index contributed by atoms with van der Waals surface area (Å²) >= 11 is 0. The highest BCUT2D eigenvalue weighted by Gasteiger charge is 2.47. The zero-order valence-electron chi connectivity index (χ0n) is 37.4. The minimum atomic E-state index is -1.76. The van der Waals surface area contributed by atoms with Gasteiger partial charge in [-0.1, -0.05) is 135 Å². The van der Waals surface area contributed by atoms with Crippen LogP contribution in [0, 0.1) is 0 Å². The molecule has 0 radical (unpaired) electrons. The first kappa shape index (κ1) is 55.4. The van der Waals surface area contributed by atoms with E-state index in [1.54, 1.807) is 0 Å². The molecule has 2 saturated heterocycles. The highest BCUT2D eigenvalue weighted by atomic mass is 16.7. The molecular formula is C46H84O15. The molecule has 358 valence electrons. The molecule has 2 aliphatic rings. The molecule has 61 heavy (non-hydrogen) atoms. The number of unbranched alkanes of at least 4 members (excludes halogenated alkanes) is 20. The predicted octanol–water partition coefficient (Wildman–Crippen LogP) is 5.43. The van der Waals surface area contributed by atoms with Gasteiger partial charge in [0.25, 0.3) is 0 Å². The Bertz CT molecular complexity index is 1120. The Labute approximate surface area is 365 Å². The molecule has 15 nitrogen and oxygen atoms in total. The standard InChI is InChI=1S/C46H84O15/c1-3-5-7-9-11-13-15-16-17-18-19-21-22-24-26-28-37(48)56-31-34(59-38(49)29-27-25-23-20-14-12-10-8-6-4-2)32-57-45-44(55)42(53)40(51)36(61-45)33-58-46-43(54)41(52)39(50)35(30-47)60-46/h16-17,34-36,39-47,50-55H,3-15,18-33H2,1-2H3/b17-16+/t34-,35-,36-,39+,40+,41?,42?,43?,44?,45-,46-/m1/s1. The van der Waals surface area contributed by atoms with Crippen LogP contribution in [0.2, 0.25) is 0 Å². The zero-order chi connectivity index (χ0) is 44.7. The number of allylic oxidation sites excluding steroid dienone is 2. The maximum Gasteiger partial charge on any atom is 0.306 e. The summed E-state index contributed by atoms with van der Waals surface area (Å²) in [6.07, 6.45) is 14.0.